The maximum Gasteiger partial charge on any atom is 0.418 e. The number of hydrogen-bond donors (Lipinski definition) is 2. The minimum absolute atomic E-state index is 0.0837. The SMILES string of the molecule is FC(F)(F)c1ccccc1NC(=S)Nc1ccc(Br)cc1. The Labute approximate surface area is 133 Å². The van der Waals surface area contributed by atoms with Crippen LogP contribution in [0.4, 0.5) is 24.5 Å². The lowest BCUT2D eigenvalue weighted by Crippen LogP contribution is -2.21. The van der Waals surface area contributed by atoms with Crippen LogP contribution in [0.1, 0.15) is 5.56 Å². The van der Waals surface area contributed by atoms with Gasteiger partial charge in [0.2, 0.25) is 0 Å². The summed E-state index contributed by atoms with van der Waals surface area (Å²) in [7, 11) is 0. The maximum atomic E-state index is 12.9. The second-order valence-electron chi connectivity index (χ2n) is 4.13. The number of anilines is 2. The maximum absolute atomic E-state index is 12.9. The van der Waals surface area contributed by atoms with Crippen LogP contribution in [-0.4, -0.2) is 5.11 Å². The van der Waals surface area contributed by atoms with Crippen LogP contribution in [0.25, 0.3) is 0 Å². The fraction of sp³-hybridized carbons (Fsp3) is 0.0714. The van der Waals surface area contributed by atoms with Crippen molar-refractivity contribution in [2.24, 2.45) is 0 Å². The third kappa shape index (κ3) is 4.44. The molecule has 2 N–H and O–H groups in total. The minimum Gasteiger partial charge on any atom is -0.332 e. The molecule has 0 atom stereocenters. The summed E-state index contributed by atoms with van der Waals surface area (Å²) in [6.45, 7) is 0. The number of hydrogen-bond acceptors (Lipinski definition) is 1. The zero-order valence-corrected chi connectivity index (χ0v) is 12.9. The van der Waals surface area contributed by atoms with Gasteiger partial charge >= 0.3 is 6.18 Å². The molecule has 7 heteroatoms. The third-order valence-electron chi connectivity index (χ3n) is 2.58. The van der Waals surface area contributed by atoms with E-state index in [1.807, 2.05) is 0 Å². The highest BCUT2D eigenvalue weighted by atomic mass is 79.9. The Bertz CT molecular complexity index is 641. The predicted molar refractivity (Wildman–Crippen MR) is 85.4 cm³/mol. The Morgan fingerprint density at radius 2 is 1.57 bits per heavy atom. The molecule has 0 saturated heterocycles. The van der Waals surface area contributed by atoms with E-state index in [0.717, 1.165) is 10.5 Å². The molecular weight excluding hydrogens is 365 g/mol. The van der Waals surface area contributed by atoms with Crippen molar-refractivity contribution in [2.45, 2.75) is 6.18 Å². The lowest BCUT2D eigenvalue weighted by atomic mass is 10.1. The minimum atomic E-state index is -4.43. The van der Waals surface area contributed by atoms with E-state index in [0.29, 0.717) is 5.69 Å². The molecular formula is C14H10BrF3N2S. The molecule has 2 rings (SSSR count). The normalized spacial score (nSPS) is 11.0. The zero-order chi connectivity index (χ0) is 15.5. The molecule has 2 aromatic carbocycles. The van der Waals surface area contributed by atoms with Crippen LogP contribution in [0.15, 0.2) is 53.0 Å². The molecule has 0 bridgehead atoms. The molecule has 2 aromatic rings. The molecule has 0 aromatic heterocycles. The quantitative estimate of drug-likeness (QED) is 0.699. The highest BCUT2D eigenvalue weighted by Crippen LogP contribution is 2.34. The number of thiocarbonyl (C=S) groups is 1. The summed E-state index contributed by atoms with van der Waals surface area (Å²) in [6, 6.07) is 12.3. The van der Waals surface area contributed by atoms with Crippen molar-refractivity contribution in [3.05, 3.63) is 58.6 Å². The fourth-order valence-corrected chi connectivity index (χ4v) is 2.15. The summed E-state index contributed by atoms with van der Waals surface area (Å²) in [5.74, 6) is 0. The van der Waals surface area contributed by atoms with Crippen LogP contribution >= 0.6 is 28.1 Å². The molecule has 0 aliphatic carbocycles. The first kappa shape index (κ1) is 15.8. The van der Waals surface area contributed by atoms with Gasteiger partial charge in [-0.05, 0) is 48.6 Å². The molecule has 0 heterocycles. The average Bonchev–Trinajstić information content (AvgIpc) is 2.41. The third-order valence-corrected chi connectivity index (χ3v) is 3.32. The van der Waals surface area contributed by atoms with Gasteiger partial charge in [-0.2, -0.15) is 13.2 Å². The van der Waals surface area contributed by atoms with Gasteiger partial charge in [0.1, 0.15) is 0 Å². The van der Waals surface area contributed by atoms with E-state index in [-0.39, 0.29) is 10.8 Å². The number of para-hydroxylation sites is 1. The van der Waals surface area contributed by atoms with Gasteiger partial charge in [-0.3, -0.25) is 0 Å². The topological polar surface area (TPSA) is 24.1 Å². The summed E-state index contributed by atoms with van der Waals surface area (Å²) in [6.07, 6.45) is -4.43. The molecule has 21 heavy (non-hydrogen) atoms. The van der Waals surface area contributed by atoms with Crippen LogP contribution < -0.4 is 10.6 Å². The van der Waals surface area contributed by atoms with Crippen LogP contribution in [0, 0.1) is 0 Å². The zero-order valence-electron chi connectivity index (χ0n) is 10.5. The van der Waals surface area contributed by atoms with E-state index in [9.17, 15) is 13.2 Å². The number of benzene rings is 2. The molecule has 0 saturated carbocycles. The van der Waals surface area contributed by atoms with Crippen molar-refractivity contribution in [3.63, 3.8) is 0 Å². The average molecular weight is 375 g/mol. The van der Waals surface area contributed by atoms with Gasteiger partial charge in [0, 0.05) is 10.2 Å². The van der Waals surface area contributed by atoms with Crippen molar-refractivity contribution in [2.75, 3.05) is 10.6 Å². The van der Waals surface area contributed by atoms with Crippen molar-refractivity contribution < 1.29 is 13.2 Å². The molecule has 0 aliphatic heterocycles. The second kappa shape index (κ2) is 6.44. The van der Waals surface area contributed by atoms with Gasteiger partial charge in [0.05, 0.1) is 11.3 Å². The van der Waals surface area contributed by atoms with Crippen molar-refractivity contribution in [1.82, 2.24) is 0 Å². The van der Waals surface area contributed by atoms with Crippen LogP contribution in [-0.2, 0) is 6.18 Å². The molecule has 0 aliphatic rings. The van der Waals surface area contributed by atoms with Gasteiger partial charge in [-0.1, -0.05) is 28.1 Å². The Balaban J connectivity index is 2.11. The van der Waals surface area contributed by atoms with E-state index in [2.05, 4.69) is 26.6 Å². The fourth-order valence-electron chi connectivity index (χ4n) is 1.66. The van der Waals surface area contributed by atoms with E-state index in [1.54, 1.807) is 24.3 Å². The van der Waals surface area contributed by atoms with Crippen LogP contribution in [0.5, 0.6) is 0 Å². The molecule has 0 unspecified atom stereocenters. The van der Waals surface area contributed by atoms with E-state index >= 15 is 0 Å². The van der Waals surface area contributed by atoms with Gasteiger partial charge in [-0.25, -0.2) is 0 Å². The number of halogens is 4. The first-order chi connectivity index (χ1) is 9.86. The monoisotopic (exact) mass is 374 g/mol. The highest BCUT2D eigenvalue weighted by Gasteiger charge is 2.33. The van der Waals surface area contributed by atoms with Gasteiger partial charge in [-0.15, -0.1) is 0 Å². The summed E-state index contributed by atoms with van der Waals surface area (Å²) in [4.78, 5) is 0. The molecule has 0 spiro atoms. The number of rotatable bonds is 2. The Morgan fingerprint density at radius 1 is 0.952 bits per heavy atom. The smallest absolute Gasteiger partial charge is 0.332 e. The van der Waals surface area contributed by atoms with Crippen LogP contribution in [0.3, 0.4) is 0 Å². The Hall–Kier alpha value is -1.60. The first-order valence-electron chi connectivity index (χ1n) is 5.86. The molecule has 0 amide bonds. The summed E-state index contributed by atoms with van der Waals surface area (Å²) < 4.78 is 39.5. The number of nitrogens with one attached hydrogen (secondary N) is 2. The van der Waals surface area contributed by atoms with Crippen molar-refractivity contribution in [3.8, 4) is 0 Å². The van der Waals surface area contributed by atoms with E-state index < -0.39 is 11.7 Å². The largest absolute Gasteiger partial charge is 0.418 e. The van der Waals surface area contributed by atoms with Crippen molar-refractivity contribution >= 4 is 44.6 Å². The second-order valence-corrected chi connectivity index (χ2v) is 5.45. The Kier molecular flexibility index (Phi) is 4.84. The molecule has 0 radical (unpaired) electrons. The first-order valence-corrected chi connectivity index (χ1v) is 7.06. The lowest BCUT2D eigenvalue weighted by molar-refractivity contribution is -0.136. The summed E-state index contributed by atoms with van der Waals surface area (Å²) in [5, 5.41) is 5.49. The van der Waals surface area contributed by atoms with Gasteiger partial charge < -0.3 is 10.6 Å². The lowest BCUT2D eigenvalue weighted by Gasteiger charge is -2.15. The number of alkyl halides is 3. The van der Waals surface area contributed by atoms with Crippen LogP contribution in [0.2, 0.25) is 0 Å². The highest BCUT2D eigenvalue weighted by molar-refractivity contribution is 9.10. The van der Waals surface area contributed by atoms with E-state index in [4.69, 9.17) is 12.2 Å². The Morgan fingerprint density at radius 3 is 2.19 bits per heavy atom. The molecule has 0 fully saturated rings. The summed E-state index contributed by atoms with van der Waals surface area (Å²) >= 11 is 8.33. The standard InChI is InChI=1S/C14H10BrF3N2S/c15-9-5-7-10(8-6-9)19-13(21)20-12-4-2-1-3-11(12)14(16,17)18/h1-8H,(H2,19,20,21). The van der Waals surface area contributed by atoms with Gasteiger partial charge in [0.25, 0.3) is 0 Å². The van der Waals surface area contributed by atoms with Crippen molar-refractivity contribution in [1.29, 1.82) is 0 Å². The summed E-state index contributed by atoms with van der Waals surface area (Å²) in [5.41, 5.74) is -0.162. The van der Waals surface area contributed by atoms with E-state index in [1.165, 1.54) is 18.2 Å². The molecule has 110 valence electrons. The predicted octanol–water partition coefficient (Wildman–Crippen LogP) is 5.28. The molecule has 2 nitrogen and oxygen atoms in total. The van der Waals surface area contributed by atoms with Gasteiger partial charge in [0.15, 0.2) is 5.11 Å².